The van der Waals surface area contributed by atoms with Gasteiger partial charge in [-0.3, -0.25) is 9.59 Å². The molecule has 0 saturated heterocycles. The maximum Gasteiger partial charge on any atom is 0.328 e. The first kappa shape index (κ1) is 19.2. The third-order valence-corrected chi connectivity index (χ3v) is 2.93. The maximum absolute atomic E-state index is 11.9. The van der Waals surface area contributed by atoms with E-state index in [1.165, 1.54) is 13.8 Å². The number of aliphatic hydroxyl groups excluding tert-OH is 1. The Kier molecular flexibility index (Phi) is 8.45. The molecule has 0 spiro atoms. The number of rotatable bonds is 9. The van der Waals surface area contributed by atoms with Gasteiger partial charge in [-0.15, -0.1) is 0 Å². The summed E-state index contributed by atoms with van der Waals surface area (Å²) >= 11 is 0. The highest BCUT2D eigenvalue weighted by molar-refractivity contribution is 6.26. The van der Waals surface area contributed by atoms with Crippen LogP contribution in [0, 0.1) is 11.3 Å². The standard InChI is InChI=1S/C14H24N2O5/c1-8(2)21-14(20)12(6-5-11(18)7-15)16-13(19)9(3)10(4)17/h7-10,12,15,17H,5-6H2,1-4H3,(H,16,19)/t9-,10-,12-/m0/s1. The average Bonchev–Trinajstić information content (AvgIpc) is 2.40. The fourth-order valence-corrected chi connectivity index (χ4v) is 1.44. The van der Waals surface area contributed by atoms with Crippen molar-refractivity contribution in [3.05, 3.63) is 0 Å². The second-order valence-electron chi connectivity index (χ2n) is 5.23. The highest BCUT2D eigenvalue weighted by Crippen LogP contribution is 2.07. The summed E-state index contributed by atoms with van der Waals surface area (Å²) in [5.41, 5.74) is 0. The number of Topliss-reactive ketones (excluding diaryl/α,β-unsaturated/α-hetero) is 1. The van der Waals surface area contributed by atoms with Crippen molar-refractivity contribution in [3.8, 4) is 0 Å². The molecule has 0 fully saturated rings. The lowest BCUT2D eigenvalue weighted by molar-refractivity contribution is -0.152. The number of carbonyl (C=O) groups is 3. The van der Waals surface area contributed by atoms with Crippen LogP contribution in [0.4, 0.5) is 0 Å². The summed E-state index contributed by atoms with van der Waals surface area (Å²) in [6, 6.07) is -0.968. The molecule has 1 amide bonds. The maximum atomic E-state index is 11.9. The van der Waals surface area contributed by atoms with E-state index in [9.17, 15) is 19.5 Å². The van der Waals surface area contributed by atoms with E-state index in [0.717, 1.165) is 0 Å². The first-order chi connectivity index (χ1) is 9.68. The van der Waals surface area contributed by atoms with Crippen molar-refractivity contribution in [2.24, 2.45) is 5.92 Å². The van der Waals surface area contributed by atoms with E-state index in [1.807, 2.05) is 0 Å². The minimum Gasteiger partial charge on any atom is -0.461 e. The van der Waals surface area contributed by atoms with Crippen LogP contribution in [0.15, 0.2) is 0 Å². The Morgan fingerprint density at radius 3 is 2.24 bits per heavy atom. The largest absolute Gasteiger partial charge is 0.461 e. The SMILES string of the molecule is CC(C)OC(=O)[C@H](CCC(=O)C=N)NC(=O)[C@@H](C)[C@H](C)O. The van der Waals surface area contributed by atoms with E-state index in [-0.39, 0.29) is 18.9 Å². The predicted molar refractivity (Wildman–Crippen MR) is 77.0 cm³/mol. The molecule has 0 aliphatic carbocycles. The van der Waals surface area contributed by atoms with Crippen LogP contribution in [0.2, 0.25) is 0 Å². The van der Waals surface area contributed by atoms with Gasteiger partial charge in [0.2, 0.25) is 5.91 Å². The van der Waals surface area contributed by atoms with Crippen LogP contribution in [0.5, 0.6) is 0 Å². The average molecular weight is 300 g/mol. The number of carbonyl (C=O) groups excluding carboxylic acids is 3. The molecule has 0 radical (unpaired) electrons. The van der Waals surface area contributed by atoms with Crippen LogP contribution in [-0.4, -0.2) is 47.2 Å². The summed E-state index contributed by atoms with van der Waals surface area (Å²) in [4.78, 5) is 34.9. The molecule has 3 N–H and O–H groups in total. The van der Waals surface area contributed by atoms with E-state index in [0.29, 0.717) is 6.21 Å². The summed E-state index contributed by atoms with van der Waals surface area (Å²) in [5.74, 6) is -2.24. The van der Waals surface area contributed by atoms with Gasteiger partial charge in [0.05, 0.1) is 24.3 Å². The van der Waals surface area contributed by atoms with Crippen molar-refractivity contribution in [2.45, 2.75) is 58.8 Å². The van der Waals surface area contributed by atoms with Crippen molar-refractivity contribution in [1.29, 1.82) is 5.41 Å². The van der Waals surface area contributed by atoms with E-state index in [4.69, 9.17) is 10.1 Å². The Bertz CT molecular complexity index is 393. The molecule has 0 aromatic rings. The number of hydrogen-bond donors (Lipinski definition) is 3. The van der Waals surface area contributed by atoms with Gasteiger partial charge in [0.1, 0.15) is 6.04 Å². The van der Waals surface area contributed by atoms with Crippen LogP contribution in [-0.2, 0) is 19.1 Å². The first-order valence-corrected chi connectivity index (χ1v) is 6.91. The molecule has 3 atom stereocenters. The van der Waals surface area contributed by atoms with Crippen LogP contribution in [0.3, 0.4) is 0 Å². The number of esters is 1. The van der Waals surface area contributed by atoms with Crippen molar-refractivity contribution in [2.75, 3.05) is 0 Å². The fraction of sp³-hybridized carbons (Fsp3) is 0.714. The molecule has 0 aliphatic rings. The van der Waals surface area contributed by atoms with Crippen LogP contribution < -0.4 is 5.32 Å². The third kappa shape index (κ3) is 7.55. The lowest BCUT2D eigenvalue weighted by atomic mass is 10.0. The highest BCUT2D eigenvalue weighted by atomic mass is 16.5. The van der Waals surface area contributed by atoms with Gasteiger partial charge in [-0.25, -0.2) is 4.79 Å². The number of ether oxygens (including phenoxy) is 1. The van der Waals surface area contributed by atoms with Crippen molar-refractivity contribution < 1.29 is 24.2 Å². The normalized spacial score (nSPS) is 15.0. The molecule has 0 aromatic carbocycles. The Morgan fingerprint density at radius 1 is 1.24 bits per heavy atom. The zero-order valence-corrected chi connectivity index (χ0v) is 12.9. The molecule has 120 valence electrons. The van der Waals surface area contributed by atoms with Gasteiger partial charge in [-0.1, -0.05) is 6.92 Å². The van der Waals surface area contributed by atoms with Gasteiger partial charge in [0.15, 0.2) is 5.78 Å². The van der Waals surface area contributed by atoms with Gasteiger partial charge in [-0.2, -0.15) is 0 Å². The second-order valence-corrected chi connectivity index (χ2v) is 5.23. The monoisotopic (exact) mass is 300 g/mol. The predicted octanol–water partition coefficient (Wildman–Crippen LogP) is 0.439. The smallest absolute Gasteiger partial charge is 0.328 e. The van der Waals surface area contributed by atoms with Gasteiger partial charge < -0.3 is 20.6 Å². The molecule has 0 heterocycles. The summed E-state index contributed by atoms with van der Waals surface area (Å²) in [6.07, 6.45) is -0.507. The molecule has 7 heteroatoms. The molecule has 21 heavy (non-hydrogen) atoms. The zero-order valence-electron chi connectivity index (χ0n) is 12.9. The minimum absolute atomic E-state index is 0.0370. The lowest BCUT2D eigenvalue weighted by Crippen LogP contribution is -2.46. The molecule has 0 rings (SSSR count). The van der Waals surface area contributed by atoms with Crippen LogP contribution in [0.25, 0.3) is 0 Å². The highest BCUT2D eigenvalue weighted by Gasteiger charge is 2.27. The van der Waals surface area contributed by atoms with Crippen molar-refractivity contribution in [1.82, 2.24) is 5.32 Å². The number of amides is 1. The topological polar surface area (TPSA) is 117 Å². The second kappa shape index (κ2) is 9.23. The minimum atomic E-state index is -0.968. The van der Waals surface area contributed by atoms with Gasteiger partial charge in [-0.05, 0) is 27.2 Å². The van der Waals surface area contributed by atoms with Gasteiger partial charge in [0, 0.05) is 6.42 Å². The molecular weight excluding hydrogens is 276 g/mol. The summed E-state index contributed by atoms with van der Waals surface area (Å²) in [6.45, 7) is 6.37. The number of hydrogen-bond acceptors (Lipinski definition) is 6. The Labute approximate surface area is 124 Å². The van der Waals surface area contributed by atoms with Gasteiger partial charge >= 0.3 is 5.97 Å². The molecule has 0 bridgehead atoms. The van der Waals surface area contributed by atoms with Gasteiger partial charge in [0.25, 0.3) is 0 Å². The quantitative estimate of drug-likeness (QED) is 0.422. The molecular formula is C14H24N2O5. The summed E-state index contributed by atoms with van der Waals surface area (Å²) < 4.78 is 5.03. The Hall–Kier alpha value is -1.76. The summed E-state index contributed by atoms with van der Waals surface area (Å²) in [7, 11) is 0. The van der Waals surface area contributed by atoms with Crippen LogP contribution in [0.1, 0.15) is 40.5 Å². The van der Waals surface area contributed by atoms with Crippen molar-refractivity contribution >= 4 is 23.9 Å². The van der Waals surface area contributed by atoms with E-state index < -0.39 is 35.7 Å². The molecule has 0 aromatic heterocycles. The Morgan fingerprint density at radius 2 is 1.81 bits per heavy atom. The molecule has 7 nitrogen and oxygen atoms in total. The van der Waals surface area contributed by atoms with Crippen LogP contribution >= 0.6 is 0 Å². The molecule has 0 aliphatic heterocycles. The number of aliphatic hydroxyl groups is 1. The van der Waals surface area contributed by atoms with Crippen molar-refractivity contribution in [3.63, 3.8) is 0 Å². The first-order valence-electron chi connectivity index (χ1n) is 6.91. The zero-order chi connectivity index (χ0) is 16.6. The summed E-state index contributed by atoms with van der Waals surface area (Å²) in [5, 5.41) is 18.7. The fourth-order valence-electron chi connectivity index (χ4n) is 1.44. The molecule has 0 unspecified atom stereocenters. The van der Waals surface area contributed by atoms with E-state index in [1.54, 1.807) is 13.8 Å². The third-order valence-electron chi connectivity index (χ3n) is 2.93. The number of ketones is 1. The van der Waals surface area contributed by atoms with E-state index in [2.05, 4.69) is 5.32 Å². The lowest BCUT2D eigenvalue weighted by Gasteiger charge is -2.21. The number of nitrogens with one attached hydrogen (secondary N) is 2. The molecule has 0 saturated carbocycles. The Balaban J connectivity index is 4.78. The van der Waals surface area contributed by atoms with E-state index >= 15 is 0 Å².